The van der Waals surface area contributed by atoms with Crippen LogP contribution in [0.2, 0.25) is 0 Å². The maximum atomic E-state index is 12.5. The molecule has 1 aliphatic rings. The molecule has 4 nitrogen and oxygen atoms in total. The molecule has 0 atom stereocenters. The van der Waals surface area contributed by atoms with Crippen LogP contribution in [0.4, 0.5) is 11.4 Å². The van der Waals surface area contributed by atoms with Gasteiger partial charge < -0.3 is 10.2 Å². The standard InChI is InChI=1S/C18H20BrN3O/c1-13-5-6-17(16(19)9-13)21-18(23)14-10-15(12-20-11-14)22-7-3-2-4-8-22/h5-6,9-12H,2-4,7-8H2,1H3,(H,21,23). The van der Waals surface area contributed by atoms with Crippen molar-refractivity contribution in [2.75, 3.05) is 23.3 Å². The molecular formula is C18H20BrN3O. The van der Waals surface area contributed by atoms with E-state index >= 15 is 0 Å². The number of anilines is 2. The highest BCUT2D eigenvalue weighted by Crippen LogP contribution is 2.25. The zero-order valence-electron chi connectivity index (χ0n) is 13.2. The van der Waals surface area contributed by atoms with Crippen molar-refractivity contribution >= 4 is 33.2 Å². The molecular weight excluding hydrogens is 354 g/mol. The van der Waals surface area contributed by atoms with Gasteiger partial charge in [-0.05, 0) is 65.9 Å². The van der Waals surface area contributed by atoms with E-state index in [1.54, 1.807) is 6.20 Å². The van der Waals surface area contributed by atoms with E-state index < -0.39 is 0 Å². The summed E-state index contributed by atoms with van der Waals surface area (Å²) in [6.45, 7) is 4.09. The fourth-order valence-corrected chi connectivity index (χ4v) is 3.39. The number of hydrogen-bond acceptors (Lipinski definition) is 3. The van der Waals surface area contributed by atoms with E-state index in [1.165, 1.54) is 19.3 Å². The molecule has 120 valence electrons. The first-order valence-corrected chi connectivity index (χ1v) is 8.70. The number of piperidine rings is 1. The van der Waals surface area contributed by atoms with Crippen molar-refractivity contribution in [3.05, 3.63) is 52.3 Å². The van der Waals surface area contributed by atoms with Crippen LogP contribution in [0, 0.1) is 6.92 Å². The Kier molecular flexibility index (Phi) is 4.96. The molecule has 1 amide bonds. The molecule has 1 aliphatic heterocycles. The molecule has 1 N–H and O–H groups in total. The topological polar surface area (TPSA) is 45.2 Å². The number of benzene rings is 1. The summed E-state index contributed by atoms with van der Waals surface area (Å²) in [5.74, 6) is -0.138. The van der Waals surface area contributed by atoms with E-state index in [4.69, 9.17) is 0 Å². The normalized spacial score (nSPS) is 14.6. The molecule has 2 heterocycles. The number of amides is 1. The second kappa shape index (κ2) is 7.13. The summed E-state index contributed by atoms with van der Waals surface area (Å²) in [5.41, 5.74) is 3.52. The number of carbonyl (C=O) groups is 1. The van der Waals surface area contributed by atoms with Crippen LogP contribution in [0.15, 0.2) is 41.1 Å². The fourth-order valence-electron chi connectivity index (χ4n) is 2.79. The van der Waals surface area contributed by atoms with E-state index in [2.05, 4.69) is 31.1 Å². The van der Waals surface area contributed by atoms with Crippen LogP contribution in [0.1, 0.15) is 35.2 Å². The third kappa shape index (κ3) is 3.91. The van der Waals surface area contributed by atoms with Gasteiger partial charge in [-0.2, -0.15) is 0 Å². The summed E-state index contributed by atoms with van der Waals surface area (Å²) in [7, 11) is 0. The minimum atomic E-state index is -0.138. The van der Waals surface area contributed by atoms with Gasteiger partial charge in [0.05, 0.1) is 23.1 Å². The Morgan fingerprint density at radius 2 is 1.96 bits per heavy atom. The van der Waals surface area contributed by atoms with Gasteiger partial charge in [-0.3, -0.25) is 9.78 Å². The SMILES string of the molecule is Cc1ccc(NC(=O)c2cncc(N3CCCCC3)c2)c(Br)c1. The Morgan fingerprint density at radius 3 is 2.70 bits per heavy atom. The predicted octanol–water partition coefficient (Wildman–Crippen LogP) is 4.40. The van der Waals surface area contributed by atoms with Gasteiger partial charge in [0.2, 0.25) is 0 Å². The Labute approximate surface area is 145 Å². The van der Waals surface area contributed by atoms with Crippen LogP contribution in [0.5, 0.6) is 0 Å². The minimum Gasteiger partial charge on any atom is -0.370 e. The number of carbonyl (C=O) groups excluding carboxylic acids is 1. The van der Waals surface area contributed by atoms with Gasteiger partial charge in [-0.15, -0.1) is 0 Å². The van der Waals surface area contributed by atoms with Crippen molar-refractivity contribution in [3.8, 4) is 0 Å². The lowest BCUT2D eigenvalue weighted by Gasteiger charge is -2.28. The number of nitrogens with one attached hydrogen (secondary N) is 1. The number of pyridine rings is 1. The lowest BCUT2D eigenvalue weighted by Crippen LogP contribution is -2.29. The summed E-state index contributed by atoms with van der Waals surface area (Å²) >= 11 is 3.49. The van der Waals surface area contributed by atoms with Gasteiger partial charge in [-0.1, -0.05) is 6.07 Å². The van der Waals surface area contributed by atoms with E-state index in [9.17, 15) is 4.79 Å². The Balaban J connectivity index is 1.76. The molecule has 2 aromatic rings. The van der Waals surface area contributed by atoms with Gasteiger partial charge >= 0.3 is 0 Å². The van der Waals surface area contributed by atoms with Crippen LogP contribution in [-0.4, -0.2) is 24.0 Å². The molecule has 23 heavy (non-hydrogen) atoms. The summed E-state index contributed by atoms with van der Waals surface area (Å²) in [6.07, 6.45) is 7.14. The molecule has 3 rings (SSSR count). The summed E-state index contributed by atoms with van der Waals surface area (Å²) in [6, 6.07) is 7.79. The first-order chi connectivity index (χ1) is 11.1. The van der Waals surface area contributed by atoms with E-state index in [0.29, 0.717) is 5.56 Å². The van der Waals surface area contributed by atoms with Crippen molar-refractivity contribution in [2.24, 2.45) is 0 Å². The number of hydrogen-bond donors (Lipinski definition) is 1. The molecule has 0 radical (unpaired) electrons. The van der Waals surface area contributed by atoms with Crippen molar-refractivity contribution in [2.45, 2.75) is 26.2 Å². The number of aromatic nitrogens is 1. The lowest BCUT2D eigenvalue weighted by molar-refractivity contribution is 0.102. The number of halogens is 1. The zero-order valence-corrected chi connectivity index (χ0v) is 14.8. The third-order valence-corrected chi connectivity index (χ3v) is 4.74. The van der Waals surface area contributed by atoms with E-state index in [-0.39, 0.29) is 5.91 Å². The molecule has 0 saturated carbocycles. The number of nitrogens with zero attached hydrogens (tertiary/aromatic N) is 2. The predicted molar refractivity (Wildman–Crippen MR) is 97.1 cm³/mol. The number of aryl methyl sites for hydroxylation is 1. The van der Waals surface area contributed by atoms with E-state index in [0.717, 1.165) is 34.5 Å². The highest BCUT2D eigenvalue weighted by molar-refractivity contribution is 9.10. The lowest BCUT2D eigenvalue weighted by atomic mass is 10.1. The molecule has 5 heteroatoms. The molecule has 1 aromatic heterocycles. The van der Waals surface area contributed by atoms with Crippen LogP contribution < -0.4 is 10.2 Å². The highest BCUT2D eigenvalue weighted by atomic mass is 79.9. The van der Waals surface area contributed by atoms with Crippen LogP contribution >= 0.6 is 15.9 Å². The monoisotopic (exact) mass is 373 g/mol. The molecule has 0 spiro atoms. The quantitative estimate of drug-likeness (QED) is 0.867. The maximum Gasteiger partial charge on any atom is 0.257 e. The van der Waals surface area contributed by atoms with Gasteiger partial charge in [0.15, 0.2) is 0 Å². The summed E-state index contributed by atoms with van der Waals surface area (Å²) in [5, 5.41) is 2.94. The van der Waals surface area contributed by atoms with Gasteiger partial charge in [0.1, 0.15) is 0 Å². The Bertz CT molecular complexity index is 711. The molecule has 0 unspecified atom stereocenters. The van der Waals surface area contributed by atoms with Crippen LogP contribution in [0.25, 0.3) is 0 Å². The maximum absolute atomic E-state index is 12.5. The average molecular weight is 374 g/mol. The molecule has 1 saturated heterocycles. The molecule has 0 bridgehead atoms. The molecule has 1 fully saturated rings. The van der Waals surface area contributed by atoms with Crippen molar-refractivity contribution < 1.29 is 4.79 Å². The van der Waals surface area contributed by atoms with Gasteiger partial charge in [-0.25, -0.2) is 0 Å². The Hall–Kier alpha value is -1.88. The van der Waals surface area contributed by atoms with Crippen molar-refractivity contribution in [3.63, 3.8) is 0 Å². The largest absolute Gasteiger partial charge is 0.370 e. The fraction of sp³-hybridized carbons (Fsp3) is 0.333. The number of rotatable bonds is 3. The van der Waals surface area contributed by atoms with Crippen molar-refractivity contribution in [1.82, 2.24) is 4.98 Å². The van der Waals surface area contributed by atoms with E-state index in [1.807, 2.05) is 37.4 Å². The van der Waals surface area contributed by atoms with Gasteiger partial charge in [0, 0.05) is 23.8 Å². The zero-order chi connectivity index (χ0) is 16.2. The first kappa shape index (κ1) is 16.0. The summed E-state index contributed by atoms with van der Waals surface area (Å²) < 4.78 is 0.881. The smallest absolute Gasteiger partial charge is 0.257 e. The molecule has 1 aromatic carbocycles. The highest BCUT2D eigenvalue weighted by Gasteiger charge is 2.14. The minimum absolute atomic E-state index is 0.138. The van der Waals surface area contributed by atoms with Crippen LogP contribution in [0.3, 0.4) is 0 Å². The van der Waals surface area contributed by atoms with Crippen LogP contribution in [-0.2, 0) is 0 Å². The second-order valence-corrected chi connectivity index (χ2v) is 6.77. The summed E-state index contributed by atoms with van der Waals surface area (Å²) in [4.78, 5) is 19.0. The average Bonchev–Trinajstić information content (AvgIpc) is 2.58. The van der Waals surface area contributed by atoms with Gasteiger partial charge in [0.25, 0.3) is 5.91 Å². The second-order valence-electron chi connectivity index (χ2n) is 5.92. The molecule has 0 aliphatic carbocycles. The third-order valence-electron chi connectivity index (χ3n) is 4.08. The first-order valence-electron chi connectivity index (χ1n) is 7.91. The Morgan fingerprint density at radius 1 is 1.17 bits per heavy atom. The van der Waals surface area contributed by atoms with Crippen molar-refractivity contribution in [1.29, 1.82) is 0 Å².